The molecule has 0 unspecified atom stereocenters. The number of rotatable bonds is 6. The van der Waals surface area contributed by atoms with E-state index in [1.54, 1.807) is 11.3 Å². The third-order valence-electron chi connectivity index (χ3n) is 4.58. The third kappa shape index (κ3) is 4.38. The molecule has 0 aliphatic carbocycles. The molecule has 1 aromatic heterocycles. The lowest BCUT2D eigenvalue weighted by Gasteiger charge is -2.37. The van der Waals surface area contributed by atoms with E-state index in [0.29, 0.717) is 6.04 Å². The van der Waals surface area contributed by atoms with E-state index in [1.807, 2.05) is 5.51 Å². The minimum absolute atomic E-state index is 0.696. The first-order chi connectivity index (χ1) is 10.8. The fourth-order valence-electron chi connectivity index (χ4n) is 3.19. The number of piperidine rings is 1. The molecule has 2 heterocycles. The maximum absolute atomic E-state index is 4.49. The molecular formula is C18H25N3S. The summed E-state index contributed by atoms with van der Waals surface area (Å²) >= 11 is 1.70. The van der Waals surface area contributed by atoms with Crippen molar-refractivity contribution in [2.45, 2.75) is 31.8 Å². The second kappa shape index (κ2) is 7.86. The van der Waals surface area contributed by atoms with Gasteiger partial charge in [0, 0.05) is 24.5 Å². The van der Waals surface area contributed by atoms with E-state index < -0.39 is 0 Å². The van der Waals surface area contributed by atoms with E-state index >= 15 is 0 Å². The summed E-state index contributed by atoms with van der Waals surface area (Å²) in [6.45, 7) is 4.54. The van der Waals surface area contributed by atoms with Gasteiger partial charge in [0.15, 0.2) is 0 Å². The predicted molar refractivity (Wildman–Crippen MR) is 93.2 cm³/mol. The van der Waals surface area contributed by atoms with Crippen LogP contribution in [-0.2, 0) is 13.0 Å². The van der Waals surface area contributed by atoms with Gasteiger partial charge >= 0.3 is 0 Å². The van der Waals surface area contributed by atoms with Crippen LogP contribution in [0, 0.1) is 0 Å². The molecule has 0 radical (unpaired) electrons. The zero-order valence-corrected chi connectivity index (χ0v) is 14.1. The number of hydrogen-bond acceptors (Lipinski definition) is 4. The average molecular weight is 315 g/mol. The number of likely N-dealkylation sites (tertiary alicyclic amines) is 1. The summed E-state index contributed by atoms with van der Waals surface area (Å²) in [5.74, 6) is 0. The Morgan fingerprint density at radius 2 is 2.00 bits per heavy atom. The van der Waals surface area contributed by atoms with Crippen LogP contribution in [0.1, 0.15) is 24.1 Å². The van der Waals surface area contributed by atoms with Crippen molar-refractivity contribution in [2.24, 2.45) is 0 Å². The zero-order valence-electron chi connectivity index (χ0n) is 13.3. The standard InChI is InChI=1S/C18H25N3S/c1-20-10-8-18(9-11-20)21(13-17-14-22-15-19-17)12-7-16-5-3-2-4-6-16/h2-6,14-15,18H,7-13H2,1H3. The largest absolute Gasteiger partial charge is 0.306 e. The smallest absolute Gasteiger partial charge is 0.0795 e. The van der Waals surface area contributed by atoms with Crippen LogP contribution in [-0.4, -0.2) is 47.5 Å². The monoisotopic (exact) mass is 315 g/mol. The summed E-state index contributed by atoms with van der Waals surface area (Å²) in [5.41, 5.74) is 4.59. The Balaban J connectivity index is 1.63. The van der Waals surface area contributed by atoms with Crippen LogP contribution in [0.2, 0.25) is 0 Å². The van der Waals surface area contributed by atoms with E-state index in [0.717, 1.165) is 19.5 Å². The molecule has 0 amide bonds. The van der Waals surface area contributed by atoms with Crippen molar-refractivity contribution in [3.63, 3.8) is 0 Å². The molecule has 2 aromatic rings. The lowest BCUT2D eigenvalue weighted by molar-refractivity contribution is 0.114. The third-order valence-corrected chi connectivity index (χ3v) is 5.22. The fraction of sp³-hybridized carbons (Fsp3) is 0.500. The number of hydrogen-bond donors (Lipinski definition) is 0. The summed E-state index contributed by atoms with van der Waals surface area (Å²) < 4.78 is 0. The van der Waals surface area contributed by atoms with Crippen molar-refractivity contribution in [3.05, 3.63) is 52.5 Å². The molecule has 3 rings (SSSR count). The Kier molecular flexibility index (Phi) is 5.59. The Morgan fingerprint density at radius 3 is 2.68 bits per heavy atom. The van der Waals surface area contributed by atoms with Crippen LogP contribution in [0.5, 0.6) is 0 Å². The van der Waals surface area contributed by atoms with Crippen molar-refractivity contribution in [3.8, 4) is 0 Å². The highest BCUT2D eigenvalue weighted by atomic mass is 32.1. The molecule has 0 spiro atoms. The van der Waals surface area contributed by atoms with E-state index in [2.05, 4.69) is 57.5 Å². The molecule has 1 aliphatic rings. The van der Waals surface area contributed by atoms with E-state index in [4.69, 9.17) is 0 Å². The summed E-state index contributed by atoms with van der Waals surface area (Å²) in [6.07, 6.45) is 3.67. The second-order valence-corrected chi connectivity index (χ2v) is 6.94. The molecule has 3 nitrogen and oxygen atoms in total. The first-order valence-corrected chi connectivity index (χ1v) is 9.09. The normalized spacial score (nSPS) is 17.2. The number of thiazole rings is 1. The van der Waals surface area contributed by atoms with Gasteiger partial charge in [-0.1, -0.05) is 30.3 Å². The van der Waals surface area contributed by atoms with E-state index in [9.17, 15) is 0 Å². The highest BCUT2D eigenvalue weighted by Crippen LogP contribution is 2.19. The minimum atomic E-state index is 0.696. The molecule has 0 saturated carbocycles. The SMILES string of the molecule is CN1CCC(N(CCc2ccccc2)Cc2cscn2)CC1. The molecular weight excluding hydrogens is 290 g/mol. The summed E-state index contributed by atoms with van der Waals surface area (Å²) in [4.78, 5) is 9.57. The quantitative estimate of drug-likeness (QED) is 0.815. The van der Waals surface area contributed by atoms with Gasteiger partial charge in [-0.05, 0) is 45.0 Å². The summed E-state index contributed by atoms with van der Waals surface area (Å²) in [7, 11) is 2.23. The van der Waals surface area contributed by atoms with Gasteiger partial charge < -0.3 is 4.90 Å². The van der Waals surface area contributed by atoms with E-state index in [1.165, 1.54) is 37.2 Å². The maximum atomic E-state index is 4.49. The molecule has 22 heavy (non-hydrogen) atoms. The molecule has 1 saturated heterocycles. The molecule has 1 aliphatic heterocycles. The molecule has 118 valence electrons. The van der Waals surface area contributed by atoms with Gasteiger partial charge in [0.05, 0.1) is 11.2 Å². The first-order valence-electron chi connectivity index (χ1n) is 8.15. The van der Waals surface area contributed by atoms with Gasteiger partial charge in [-0.25, -0.2) is 4.98 Å². The molecule has 4 heteroatoms. The number of benzene rings is 1. The van der Waals surface area contributed by atoms with Crippen molar-refractivity contribution >= 4 is 11.3 Å². The van der Waals surface area contributed by atoms with Gasteiger partial charge in [-0.15, -0.1) is 11.3 Å². The van der Waals surface area contributed by atoms with Crippen LogP contribution in [0.25, 0.3) is 0 Å². The van der Waals surface area contributed by atoms with Gasteiger partial charge in [0.1, 0.15) is 0 Å². The molecule has 0 bridgehead atoms. The molecule has 1 fully saturated rings. The summed E-state index contributed by atoms with van der Waals surface area (Å²) in [6, 6.07) is 11.5. The highest BCUT2D eigenvalue weighted by molar-refractivity contribution is 7.07. The summed E-state index contributed by atoms with van der Waals surface area (Å²) in [5, 5.41) is 2.18. The molecule has 0 atom stereocenters. The Labute approximate surface area is 137 Å². The topological polar surface area (TPSA) is 19.4 Å². The van der Waals surface area contributed by atoms with Crippen LogP contribution in [0.3, 0.4) is 0 Å². The molecule has 0 N–H and O–H groups in total. The van der Waals surface area contributed by atoms with Crippen LogP contribution in [0.15, 0.2) is 41.2 Å². The first kappa shape index (κ1) is 15.7. The maximum Gasteiger partial charge on any atom is 0.0795 e. The predicted octanol–water partition coefficient (Wildman–Crippen LogP) is 3.28. The van der Waals surface area contributed by atoms with Crippen LogP contribution < -0.4 is 0 Å². The van der Waals surface area contributed by atoms with E-state index in [-0.39, 0.29) is 0 Å². The zero-order chi connectivity index (χ0) is 15.2. The van der Waals surface area contributed by atoms with Crippen molar-refractivity contribution < 1.29 is 0 Å². The Morgan fingerprint density at radius 1 is 1.23 bits per heavy atom. The van der Waals surface area contributed by atoms with Gasteiger partial charge in [0.25, 0.3) is 0 Å². The van der Waals surface area contributed by atoms with Crippen molar-refractivity contribution in [1.29, 1.82) is 0 Å². The minimum Gasteiger partial charge on any atom is -0.306 e. The van der Waals surface area contributed by atoms with Gasteiger partial charge in [-0.2, -0.15) is 0 Å². The second-order valence-electron chi connectivity index (χ2n) is 6.22. The lowest BCUT2D eigenvalue weighted by Crippen LogP contribution is -2.44. The average Bonchev–Trinajstić information content (AvgIpc) is 3.06. The van der Waals surface area contributed by atoms with Crippen molar-refractivity contribution in [2.75, 3.05) is 26.7 Å². The van der Waals surface area contributed by atoms with Crippen molar-refractivity contribution in [1.82, 2.24) is 14.8 Å². The highest BCUT2D eigenvalue weighted by Gasteiger charge is 2.23. The van der Waals surface area contributed by atoms with Crippen LogP contribution in [0.4, 0.5) is 0 Å². The number of aromatic nitrogens is 1. The molecule has 1 aromatic carbocycles. The Bertz CT molecular complexity index is 533. The fourth-order valence-corrected chi connectivity index (χ4v) is 3.74. The van der Waals surface area contributed by atoms with Gasteiger partial charge in [0.2, 0.25) is 0 Å². The number of nitrogens with zero attached hydrogens (tertiary/aromatic N) is 3. The lowest BCUT2D eigenvalue weighted by atomic mass is 10.0. The Hall–Kier alpha value is -1.23. The van der Waals surface area contributed by atoms with Crippen LogP contribution >= 0.6 is 11.3 Å². The van der Waals surface area contributed by atoms with Gasteiger partial charge in [-0.3, -0.25) is 4.90 Å².